The summed E-state index contributed by atoms with van der Waals surface area (Å²) in [7, 11) is 0. The monoisotopic (exact) mass is 188 g/mol. The largest absolute Gasteiger partial charge is 0.465 e. The van der Waals surface area contributed by atoms with Crippen LogP contribution in [-0.2, 0) is 9.53 Å². The van der Waals surface area contributed by atoms with Gasteiger partial charge in [-0.05, 0) is 0 Å². The van der Waals surface area contributed by atoms with Crippen molar-refractivity contribution in [2.45, 2.75) is 0 Å². The second kappa shape index (κ2) is 3.74. The molecule has 72 valence electrons. The highest BCUT2D eigenvalue weighted by molar-refractivity contribution is 5.97. The Bertz CT molecular complexity index is 235. The van der Waals surface area contributed by atoms with Gasteiger partial charge >= 0.3 is 12.2 Å². The first kappa shape index (κ1) is 9.30. The van der Waals surface area contributed by atoms with E-state index in [4.69, 9.17) is 5.11 Å². The van der Waals surface area contributed by atoms with Crippen molar-refractivity contribution < 1.29 is 24.2 Å². The number of carbonyl (C=O) groups excluding carboxylic acids is 2. The van der Waals surface area contributed by atoms with Crippen molar-refractivity contribution in [1.29, 1.82) is 0 Å². The van der Waals surface area contributed by atoms with Crippen LogP contribution in [0.5, 0.6) is 0 Å². The molecule has 0 spiro atoms. The lowest BCUT2D eigenvalue weighted by Gasteiger charge is -2.09. The van der Waals surface area contributed by atoms with Crippen LogP contribution < -0.4 is 5.32 Å². The minimum absolute atomic E-state index is 0.00394. The summed E-state index contributed by atoms with van der Waals surface area (Å²) in [4.78, 5) is 32.5. The number of carbonyl (C=O) groups is 3. The van der Waals surface area contributed by atoms with E-state index in [1.807, 2.05) is 5.32 Å². The Morgan fingerprint density at radius 2 is 2.31 bits per heavy atom. The van der Waals surface area contributed by atoms with E-state index < -0.39 is 18.1 Å². The van der Waals surface area contributed by atoms with Crippen LogP contribution in [0.2, 0.25) is 0 Å². The third kappa shape index (κ3) is 2.32. The average Bonchev–Trinajstić information content (AvgIpc) is 2.34. The Hall–Kier alpha value is -1.79. The fraction of sp³-hybridized carbons (Fsp3) is 0.500. The first-order valence-electron chi connectivity index (χ1n) is 3.55. The van der Waals surface area contributed by atoms with Gasteiger partial charge in [-0.3, -0.25) is 4.79 Å². The van der Waals surface area contributed by atoms with Gasteiger partial charge in [-0.25, -0.2) is 14.5 Å². The summed E-state index contributed by atoms with van der Waals surface area (Å²) in [5.41, 5.74) is 0. The summed E-state index contributed by atoms with van der Waals surface area (Å²) in [6, 6.07) is 0. The first-order chi connectivity index (χ1) is 6.11. The molecule has 7 nitrogen and oxygen atoms in total. The number of carboxylic acid groups (broad SMARTS) is 1. The predicted molar refractivity (Wildman–Crippen MR) is 39.1 cm³/mol. The second-order valence-corrected chi connectivity index (χ2v) is 2.33. The molecule has 7 heteroatoms. The van der Waals surface area contributed by atoms with Crippen LogP contribution >= 0.6 is 0 Å². The molecule has 0 aromatic heterocycles. The smallest absolute Gasteiger partial charge is 0.417 e. The van der Waals surface area contributed by atoms with Crippen LogP contribution in [0.25, 0.3) is 0 Å². The standard InChI is InChI=1S/C6H8N2O5/c9-4-3-13-6(12)8(4)2-1-7-5(10)11/h7H,1-3H2,(H,10,11). The van der Waals surface area contributed by atoms with Gasteiger partial charge in [0.15, 0.2) is 6.61 Å². The molecule has 0 radical (unpaired) electrons. The molecule has 1 rings (SSSR count). The molecule has 0 aliphatic carbocycles. The molecule has 0 atom stereocenters. The van der Waals surface area contributed by atoms with Gasteiger partial charge in [0.1, 0.15) is 0 Å². The summed E-state index contributed by atoms with van der Waals surface area (Å²) in [5.74, 6) is -0.447. The van der Waals surface area contributed by atoms with Crippen LogP contribution in [0.4, 0.5) is 9.59 Å². The van der Waals surface area contributed by atoms with Crippen LogP contribution in [0.15, 0.2) is 0 Å². The van der Waals surface area contributed by atoms with E-state index in [2.05, 4.69) is 4.74 Å². The molecule has 2 N–H and O–H groups in total. The number of nitrogens with zero attached hydrogens (tertiary/aromatic N) is 1. The van der Waals surface area contributed by atoms with Crippen LogP contribution in [0, 0.1) is 0 Å². The van der Waals surface area contributed by atoms with Crippen molar-refractivity contribution in [3.05, 3.63) is 0 Å². The normalized spacial score (nSPS) is 15.8. The van der Waals surface area contributed by atoms with Gasteiger partial charge in [0, 0.05) is 13.1 Å². The zero-order valence-electron chi connectivity index (χ0n) is 6.65. The maximum atomic E-state index is 10.9. The van der Waals surface area contributed by atoms with E-state index in [1.165, 1.54) is 0 Å². The number of nitrogens with one attached hydrogen (secondary N) is 1. The summed E-state index contributed by atoms with van der Waals surface area (Å²) >= 11 is 0. The maximum Gasteiger partial charge on any atom is 0.417 e. The van der Waals surface area contributed by atoms with Crippen molar-refractivity contribution in [3.8, 4) is 0 Å². The Balaban J connectivity index is 2.31. The van der Waals surface area contributed by atoms with Crippen LogP contribution in [0.3, 0.4) is 0 Å². The van der Waals surface area contributed by atoms with E-state index in [1.54, 1.807) is 0 Å². The molecular formula is C6H8N2O5. The topological polar surface area (TPSA) is 95.9 Å². The zero-order valence-corrected chi connectivity index (χ0v) is 6.65. The minimum atomic E-state index is -1.19. The third-order valence-electron chi connectivity index (χ3n) is 1.45. The quantitative estimate of drug-likeness (QED) is 0.606. The molecule has 1 heterocycles. The molecule has 1 aliphatic heterocycles. The van der Waals surface area contributed by atoms with E-state index >= 15 is 0 Å². The summed E-state index contributed by atoms with van der Waals surface area (Å²) in [6.45, 7) is -0.244. The zero-order chi connectivity index (χ0) is 9.84. The van der Waals surface area contributed by atoms with Crippen molar-refractivity contribution >= 4 is 18.1 Å². The fourth-order valence-corrected chi connectivity index (χ4v) is 0.872. The van der Waals surface area contributed by atoms with Crippen LogP contribution in [0.1, 0.15) is 0 Å². The van der Waals surface area contributed by atoms with Crippen LogP contribution in [-0.4, -0.2) is 47.8 Å². The van der Waals surface area contributed by atoms with Gasteiger partial charge < -0.3 is 15.2 Å². The highest BCUT2D eigenvalue weighted by Gasteiger charge is 2.30. The molecule has 1 fully saturated rings. The fourth-order valence-electron chi connectivity index (χ4n) is 0.872. The molecule has 1 aliphatic rings. The molecular weight excluding hydrogens is 180 g/mol. The van der Waals surface area contributed by atoms with Crippen molar-refractivity contribution in [2.75, 3.05) is 19.7 Å². The number of rotatable bonds is 3. The molecule has 0 unspecified atom stereocenters. The van der Waals surface area contributed by atoms with Gasteiger partial charge in [0.25, 0.3) is 5.91 Å². The Morgan fingerprint density at radius 1 is 1.62 bits per heavy atom. The lowest BCUT2D eigenvalue weighted by Crippen LogP contribution is -2.37. The number of imide groups is 1. The predicted octanol–water partition coefficient (Wildman–Crippen LogP) is -0.767. The SMILES string of the molecule is O=C(O)NCCN1C(=O)COC1=O. The number of cyclic esters (lactones) is 1. The van der Waals surface area contributed by atoms with Crippen molar-refractivity contribution in [3.63, 3.8) is 0 Å². The lowest BCUT2D eigenvalue weighted by molar-refractivity contribution is -0.125. The summed E-state index contributed by atoms with van der Waals surface area (Å²) < 4.78 is 4.40. The van der Waals surface area contributed by atoms with Gasteiger partial charge in [-0.1, -0.05) is 0 Å². The third-order valence-corrected chi connectivity index (χ3v) is 1.45. The Labute approximate surface area is 73.3 Å². The van der Waals surface area contributed by atoms with E-state index in [9.17, 15) is 14.4 Å². The summed E-state index contributed by atoms with van der Waals surface area (Å²) in [5, 5.41) is 10.2. The Kier molecular flexibility index (Phi) is 2.68. The van der Waals surface area contributed by atoms with E-state index in [-0.39, 0.29) is 19.7 Å². The Morgan fingerprint density at radius 3 is 2.77 bits per heavy atom. The molecule has 0 aromatic carbocycles. The van der Waals surface area contributed by atoms with Gasteiger partial charge in [-0.15, -0.1) is 0 Å². The molecule has 1 saturated heterocycles. The van der Waals surface area contributed by atoms with Gasteiger partial charge in [0.05, 0.1) is 0 Å². The van der Waals surface area contributed by atoms with Crippen molar-refractivity contribution in [1.82, 2.24) is 10.2 Å². The molecule has 13 heavy (non-hydrogen) atoms. The minimum Gasteiger partial charge on any atom is -0.465 e. The van der Waals surface area contributed by atoms with E-state index in [0.717, 1.165) is 4.90 Å². The van der Waals surface area contributed by atoms with Gasteiger partial charge in [0.2, 0.25) is 0 Å². The first-order valence-corrected chi connectivity index (χ1v) is 3.55. The summed E-state index contributed by atoms with van der Waals surface area (Å²) in [6.07, 6.45) is -1.92. The van der Waals surface area contributed by atoms with E-state index in [0.29, 0.717) is 0 Å². The number of hydrogen-bond donors (Lipinski definition) is 2. The second-order valence-electron chi connectivity index (χ2n) is 2.33. The molecule has 0 saturated carbocycles. The van der Waals surface area contributed by atoms with Gasteiger partial charge in [-0.2, -0.15) is 0 Å². The molecule has 0 aromatic rings. The van der Waals surface area contributed by atoms with Crippen molar-refractivity contribution in [2.24, 2.45) is 0 Å². The number of ether oxygens (including phenoxy) is 1. The highest BCUT2D eigenvalue weighted by atomic mass is 16.6. The molecule has 0 bridgehead atoms. The average molecular weight is 188 g/mol. The number of amides is 3. The molecule has 3 amide bonds. The lowest BCUT2D eigenvalue weighted by atomic mass is 10.5. The highest BCUT2D eigenvalue weighted by Crippen LogP contribution is 2.03. The maximum absolute atomic E-state index is 10.9. The number of hydrogen-bond acceptors (Lipinski definition) is 4.